The fourth-order valence-corrected chi connectivity index (χ4v) is 2.45. The van der Waals surface area contributed by atoms with Gasteiger partial charge in [-0.25, -0.2) is 0 Å². The number of amides is 2. The van der Waals surface area contributed by atoms with Crippen LogP contribution in [0.4, 0.5) is 11.4 Å². The molecule has 5 nitrogen and oxygen atoms in total. The summed E-state index contributed by atoms with van der Waals surface area (Å²) in [5.74, 6) is -0.190. The van der Waals surface area contributed by atoms with Crippen LogP contribution in [0.25, 0.3) is 0 Å². The summed E-state index contributed by atoms with van der Waals surface area (Å²) in [5.41, 5.74) is 1.90. The first-order valence-electron chi connectivity index (χ1n) is 7.02. The van der Waals surface area contributed by atoms with Crippen molar-refractivity contribution in [1.82, 2.24) is 5.32 Å². The fourth-order valence-electron chi connectivity index (χ4n) is 2.45. The van der Waals surface area contributed by atoms with Crippen LogP contribution in [0.5, 0.6) is 0 Å². The van der Waals surface area contributed by atoms with E-state index in [1.165, 1.54) is 4.90 Å². The minimum atomic E-state index is -0.460. The van der Waals surface area contributed by atoms with Gasteiger partial charge in [0.25, 0.3) is 0 Å². The number of piperazine rings is 1. The highest BCUT2D eigenvalue weighted by atomic mass is 16.2. The van der Waals surface area contributed by atoms with Gasteiger partial charge in [-0.1, -0.05) is 0 Å². The molecule has 1 aliphatic rings. The zero-order chi connectivity index (χ0) is 14.7. The van der Waals surface area contributed by atoms with Crippen molar-refractivity contribution >= 4 is 23.2 Å². The molecule has 0 bridgehead atoms. The Morgan fingerprint density at radius 1 is 1.20 bits per heavy atom. The molecule has 1 unspecified atom stereocenters. The second kappa shape index (κ2) is 5.94. The molecule has 2 rings (SSSR count). The summed E-state index contributed by atoms with van der Waals surface area (Å²) >= 11 is 0. The van der Waals surface area contributed by atoms with Crippen LogP contribution in [-0.4, -0.2) is 37.5 Å². The summed E-state index contributed by atoms with van der Waals surface area (Å²) in [6.07, 6.45) is 0. The van der Waals surface area contributed by atoms with Gasteiger partial charge in [0, 0.05) is 24.5 Å². The summed E-state index contributed by atoms with van der Waals surface area (Å²) in [6.45, 7) is 7.90. The zero-order valence-corrected chi connectivity index (χ0v) is 12.2. The van der Waals surface area contributed by atoms with Gasteiger partial charge in [0.15, 0.2) is 0 Å². The number of benzene rings is 1. The van der Waals surface area contributed by atoms with E-state index < -0.39 is 6.04 Å². The van der Waals surface area contributed by atoms with Crippen LogP contribution >= 0.6 is 0 Å². The third kappa shape index (κ3) is 2.76. The molecular formula is C15H21N3O2. The highest BCUT2D eigenvalue weighted by Gasteiger charge is 2.30. The largest absolute Gasteiger partial charge is 0.372 e. The highest BCUT2D eigenvalue weighted by Crippen LogP contribution is 2.22. The fraction of sp³-hybridized carbons (Fsp3) is 0.467. The molecule has 1 aliphatic heterocycles. The molecule has 1 aromatic carbocycles. The van der Waals surface area contributed by atoms with Crippen molar-refractivity contribution in [3.63, 3.8) is 0 Å². The standard InChI is InChI=1S/C15H21N3O2/c1-4-17(5-2)12-6-8-13(9-7-12)18-10-14(19)16-11(3)15(18)20/h6-9,11H,4-5,10H2,1-3H3,(H,16,19). The predicted octanol–water partition coefficient (Wildman–Crippen LogP) is 1.38. The lowest BCUT2D eigenvalue weighted by atomic mass is 10.1. The molecule has 0 radical (unpaired) electrons. The van der Waals surface area contributed by atoms with Gasteiger partial charge < -0.3 is 15.1 Å². The first-order chi connectivity index (χ1) is 9.56. The van der Waals surface area contributed by atoms with Crippen LogP contribution in [-0.2, 0) is 9.59 Å². The van der Waals surface area contributed by atoms with Gasteiger partial charge in [-0.3, -0.25) is 9.59 Å². The van der Waals surface area contributed by atoms with E-state index in [0.717, 1.165) is 24.5 Å². The monoisotopic (exact) mass is 275 g/mol. The van der Waals surface area contributed by atoms with Gasteiger partial charge in [-0.05, 0) is 45.0 Å². The Bertz CT molecular complexity index is 494. The summed E-state index contributed by atoms with van der Waals surface area (Å²) in [6, 6.07) is 7.33. The minimum absolute atomic E-state index is 0.0693. The second-order valence-corrected chi connectivity index (χ2v) is 4.90. The van der Waals surface area contributed by atoms with Gasteiger partial charge in [0.05, 0.1) is 0 Å². The summed E-state index contributed by atoms with van der Waals surface area (Å²) in [5, 5.41) is 2.64. The number of anilines is 2. The lowest BCUT2D eigenvalue weighted by molar-refractivity contribution is -0.130. The molecule has 1 atom stereocenters. The Hall–Kier alpha value is -2.04. The van der Waals surface area contributed by atoms with E-state index in [-0.39, 0.29) is 18.4 Å². The maximum absolute atomic E-state index is 12.1. The molecular weight excluding hydrogens is 254 g/mol. The van der Waals surface area contributed by atoms with Crippen LogP contribution in [0.1, 0.15) is 20.8 Å². The molecule has 1 N–H and O–H groups in total. The Kier molecular flexibility index (Phi) is 4.27. The smallest absolute Gasteiger partial charge is 0.249 e. The molecule has 0 aliphatic carbocycles. The maximum Gasteiger partial charge on any atom is 0.249 e. The summed E-state index contributed by atoms with van der Waals surface area (Å²) in [7, 11) is 0. The number of rotatable bonds is 4. The van der Waals surface area contributed by atoms with E-state index >= 15 is 0 Å². The Balaban J connectivity index is 2.21. The van der Waals surface area contributed by atoms with Crippen molar-refractivity contribution in [2.75, 3.05) is 29.4 Å². The Morgan fingerprint density at radius 2 is 1.80 bits per heavy atom. The van der Waals surface area contributed by atoms with Crippen LogP contribution in [0, 0.1) is 0 Å². The van der Waals surface area contributed by atoms with Gasteiger partial charge >= 0.3 is 0 Å². The van der Waals surface area contributed by atoms with E-state index in [1.807, 2.05) is 24.3 Å². The summed E-state index contributed by atoms with van der Waals surface area (Å²) < 4.78 is 0. The Labute approximate surface area is 119 Å². The van der Waals surface area contributed by atoms with Crippen LogP contribution in [0.15, 0.2) is 24.3 Å². The zero-order valence-electron chi connectivity index (χ0n) is 12.2. The van der Waals surface area contributed by atoms with E-state index in [2.05, 4.69) is 24.1 Å². The molecule has 0 aromatic heterocycles. The molecule has 20 heavy (non-hydrogen) atoms. The van der Waals surface area contributed by atoms with Crippen LogP contribution in [0.2, 0.25) is 0 Å². The Morgan fingerprint density at radius 3 is 2.35 bits per heavy atom. The topological polar surface area (TPSA) is 52.6 Å². The van der Waals surface area contributed by atoms with Gasteiger partial charge in [-0.2, -0.15) is 0 Å². The van der Waals surface area contributed by atoms with Crippen molar-refractivity contribution in [2.45, 2.75) is 26.8 Å². The molecule has 2 amide bonds. The van der Waals surface area contributed by atoms with E-state index in [1.54, 1.807) is 6.92 Å². The lowest BCUT2D eigenvalue weighted by Crippen LogP contribution is -2.57. The second-order valence-electron chi connectivity index (χ2n) is 4.90. The number of hydrogen-bond acceptors (Lipinski definition) is 3. The lowest BCUT2D eigenvalue weighted by Gasteiger charge is -2.31. The third-order valence-corrected chi connectivity index (χ3v) is 3.61. The van der Waals surface area contributed by atoms with Crippen LogP contribution in [0.3, 0.4) is 0 Å². The molecule has 1 saturated heterocycles. The van der Waals surface area contributed by atoms with Crippen molar-refractivity contribution in [3.05, 3.63) is 24.3 Å². The number of nitrogens with zero attached hydrogens (tertiary/aromatic N) is 2. The number of carbonyl (C=O) groups excluding carboxylic acids is 2. The SMILES string of the molecule is CCN(CC)c1ccc(N2CC(=O)NC(C)C2=O)cc1. The van der Waals surface area contributed by atoms with Gasteiger partial charge in [0.2, 0.25) is 11.8 Å². The van der Waals surface area contributed by atoms with E-state index in [0.29, 0.717) is 0 Å². The molecule has 0 spiro atoms. The predicted molar refractivity (Wildman–Crippen MR) is 80.0 cm³/mol. The van der Waals surface area contributed by atoms with Crippen LogP contribution < -0.4 is 15.1 Å². The molecule has 108 valence electrons. The number of nitrogens with one attached hydrogen (secondary N) is 1. The molecule has 1 aromatic rings. The highest BCUT2D eigenvalue weighted by molar-refractivity contribution is 6.06. The number of hydrogen-bond donors (Lipinski definition) is 1. The minimum Gasteiger partial charge on any atom is -0.372 e. The first kappa shape index (κ1) is 14.4. The quantitative estimate of drug-likeness (QED) is 0.903. The molecule has 5 heteroatoms. The van der Waals surface area contributed by atoms with Crippen molar-refractivity contribution in [3.8, 4) is 0 Å². The van der Waals surface area contributed by atoms with Gasteiger partial charge in [-0.15, -0.1) is 0 Å². The third-order valence-electron chi connectivity index (χ3n) is 3.61. The summed E-state index contributed by atoms with van der Waals surface area (Å²) in [4.78, 5) is 27.4. The van der Waals surface area contributed by atoms with Gasteiger partial charge in [0.1, 0.15) is 12.6 Å². The first-order valence-corrected chi connectivity index (χ1v) is 7.02. The molecule has 1 heterocycles. The molecule has 0 saturated carbocycles. The maximum atomic E-state index is 12.1. The average molecular weight is 275 g/mol. The van der Waals surface area contributed by atoms with Crippen molar-refractivity contribution in [1.29, 1.82) is 0 Å². The van der Waals surface area contributed by atoms with E-state index in [4.69, 9.17) is 0 Å². The van der Waals surface area contributed by atoms with E-state index in [9.17, 15) is 9.59 Å². The number of carbonyl (C=O) groups is 2. The molecule has 1 fully saturated rings. The average Bonchev–Trinajstić information content (AvgIpc) is 2.45. The normalized spacial score (nSPS) is 18.9. The van der Waals surface area contributed by atoms with Crippen molar-refractivity contribution in [2.24, 2.45) is 0 Å². The van der Waals surface area contributed by atoms with Crippen molar-refractivity contribution < 1.29 is 9.59 Å².